The van der Waals surface area contributed by atoms with E-state index in [1.54, 1.807) is 0 Å². The first-order valence-electron chi connectivity index (χ1n) is 5.10. The molecule has 0 heterocycles. The van der Waals surface area contributed by atoms with E-state index in [0.29, 0.717) is 18.8 Å². The number of nitrogens with zero attached hydrogens (tertiary/aromatic N) is 1. The lowest BCUT2D eigenvalue weighted by molar-refractivity contribution is -0.131. The highest BCUT2D eigenvalue weighted by molar-refractivity contribution is 6.18. The zero-order valence-corrected chi connectivity index (χ0v) is 9.44. The van der Waals surface area contributed by atoms with Gasteiger partial charge in [0.15, 0.2) is 0 Å². The Kier molecular flexibility index (Phi) is 8.21. The van der Waals surface area contributed by atoms with Crippen LogP contribution in [0.3, 0.4) is 0 Å². The second-order valence-electron chi connectivity index (χ2n) is 3.17. The van der Waals surface area contributed by atoms with Gasteiger partial charge in [-0.05, 0) is 12.8 Å². The summed E-state index contributed by atoms with van der Waals surface area (Å²) in [5.41, 5.74) is 0. The first-order valence-corrected chi connectivity index (χ1v) is 5.63. The van der Waals surface area contributed by atoms with Crippen LogP contribution >= 0.6 is 11.6 Å². The van der Waals surface area contributed by atoms with Gasteiger partial charge < -0.3 is 4.90 Å². The molecule has 0 fully saturated rings. The number of amides is 1. The molecule has 13 heavy (non-hydrogen) atoms. The molecule has 0 saturated heterocycles. The normalized spacial score (nSPS) is 10.1. The largest absolute Gasteiger partial charge is 0.342 e. The Balaban J connectivity index is 3.83. The third kappa shape index (κ3) is 5.92. The maximum atomic E-state index is 11.5. The smallest absolute Gasteiger partial charge is 0.222 e. The zero-order chi connectivity index (χ0) is 10.1. The fraction of sp³-hybridized carbons (Fsp3) is 0.900. The van der Waals surface area contributed by atoms with Gasteiger partial charge in [0.25, 0.3) is 0 Å². The molecule has 78 valence electrons. The number of hydrogen-bond acceptors (Lipinski definition) is 1. The third-order valence-electron chi connectivity index (χ3n) is 1.95. The molecule has 0 radical (unpaired) electrons. The van der Waals surface area contributed by atoms with E-state index < -0.39 is 0 Å². The molecule has 0 N–H and O–H groups in total. The maximum absolute atomic E-state index is 11.5. The van der Waals surface area contributed by atoms with Crippen molar-refractivity contribution in [3.05, 3.63) is 0 Å². The fourth-order valence-electron chi connectivity index (χ4n) is 1.18. The van der Waals surface area contributed by atoms with E-state index in [2.05, 4.69) is 6.92 Å². The summed E-state index contributed by atoms with van der Waals surface area (Å²) in [6.07, 6.45) is 3.77. The lowest BCUT2D eigenvalue weighted by Crippen LogP contribution is -2.33. The monoisotopic (exact) mass is 205 g/mol. The lowest BCUT2D eigenvalue weighted by Gasteiger charge is -2.21. The zero-order valence-electron chi connectivity index (χ0n) is 8.68. The molecule has 0 aromatic carbocycles. The van der Waals surface area contributed by atoms with Crippen molar-refractivity contribution >= 4 is 17.5 Å². The Bertz CT molecular complexity index is 139. The van der Waals surface area contributed by atoms with E-state index in [4.69, 9.17) is 11.6 Å². The molecule has 0 aliphatic carbocycles. The summed E-state index contributed by atoms with van der Waals surface area (Å²) in [4.78, 5) is 13.4. The molecule has 0 aliphatic rings. The molecule has 0 rings (SSSR count). The maximum Gasteiger partial charge on any atom is 0.222 e. The van der Waals surface area contributed by atoms with Crippen LogP contribution in [-0.2, 0) is 4.79 Å². The van der Waals surface area contributed by atoms with Crippen molar-refractivity contribution in [1.82, 2.24) is 4.90 Å². The van der Waals surface area contributed by atoms with Crippen LogP contribution in [-0.4, -0.2) is 29.8 Å². The number of alkyl halides is 1. The Morgan fingerprint density at radius 3 is 2.38 bits per heavy atom. The van der Waals surface area contributed by atoms with Crippen LogP contribution in [0.15, 0.2) is 0 Å². The van der Waals surface area contributed by atoms with Crippen LogP contribution in [0.4, 0.5) is 0 Å². The second kappa shape index (κ2) is 8.36. The van der Waals surface area contributed by atoms with Gasteiger partial charge in [-0.3, -0.25) is 4.79 Å². The van der Waals surface area contributed by atoms with Gasteiger partial charge in [0, 0.05) is 25.4 Å². The minimum absolute atomic E-state index is 0.247. The molecule has 0 aromatic rings. The summed E-state index contributed by atoms with van der Waals surface area (Å²) >= 11 is 5.63. The van der Waals surface area contributed by atoms with Gasteiger partial charge >= 0.3 is 0 Å². The van der Waals surface area contributed by atoms with Crippen LogP contribution < -0.4 is 0 Å². The van der Waals surface area contributed by atoms with Gasteiger partial charge in [0.1, 0.15) is 0 Å². The summed E-state index contributed by atoms with van der Waals surface area (Å²) in [5, 5.41) is 0. The van der Waals surface area contributed by atoms with E-state index in [1.807, 2.05) is 11.8 Å². The molecule has 3 heteroatoms. The van der Waals surface area contributed by atoms with E-state index in [1.165, 1.54) is 0 Å². The van der Waals surface area contributed by atoms with Gasteiger partial charge in [-0.15, -0.1) is 11.6 Å². The fourth-order valence-corrected chi connectivity index (χ4v) is 1.39. The number of carbonyl (C=O) groups excluding carboxylic acids is 1. The Labute approximate surface area is 86.2 Å². The predicted octanol–water partition coefficient (Wildman–Crippen LogP) is 2.65. The van der Waals surface area contributed by atoms with E-state index in [-0.39, 0.29) is 5.91 Å². The van der Waals surface area contributed by atoms with Crippen LogP contribution in [0, 0.1) is 0 Å². The minimum atomic E-state index is 0.247. The lowest BCUT2D eigenvalue weighted by atomic mass is 10.2. The Hall–Kier alpha value is -0.240. The first kappa shape index (κ1) is 12.8. The molecule has 0 spiro atoms. The Morgan fingerprint density at radius 1 is 1.23 bits per heavy atom. The van der Waals surface area contributed by atoms with E-state index >= 15 is 0 Å². The molecule has 0 bridgehead atoms. The third-order valence-corrected chi connectivity index (χ3v) is 2.12. The van der Waals surface area contributed by atoms with Crippen LogP contribution in [0.1, 0.15) is 39.5 Å². The van der Waals surface area contributed by atoms with Gasteiger partial charge in [-0.25, -0.2) is 0 Å². The molecule has 0 aromatic heterocycles. The summed E-state index contributed by atoms with van der Waals surface area (Å²) in [6.45, 7) is 5.71. The van der Waals surface area contributed by atoms with Crippen molar-refractivity contribution in [1.29, 1.82) is 0 Å². The van der Waals surface area contributed by atoms with Crippen LogP contribution in [0.5, 0.6) is 0 Å². The highest BCUT2D eigenvalue weighted by Crippen LogP contribution is 2.01. The van der Waals surface area contributed by atoms with Crippen molar-refractivity contribution in [2.24, 2.45) is 0 Å². The van der Waals surface area contributed by atoms with Crippen LogP contribution in [0.2, 0.25) is 0 Å². The predicted molar refractivity (Wildman–Crippen MR) is 57.1 cm³/mol. The summed E-state index contributed by atoms with van der Waals surface area (Å²) in [7, 11) is 0. The summed E-state index contributed by atoms with van der Waals surface area (Å²) < 4.78 is 0. The number of carbonyl (C=O) groups is 1. The van der Waals surface area contributed by atoms with Gasteiger partial charge in [0.2, 0.25) is 5.91 Å². The van der Waals surface area contributed by atoms with E-state index in [9.17, 15) is 4.79 Å². The number of halogens is 1. The summed E-state index contributed by atoms with van der Waals surface area (Å²) in [5.74, 6) is 0.788. The molecule has 0 aliphatic heterocycles. The molecular formula is C10H20ClNO. The molecule has 2 nitrogen and oxygen atoms in total. The van der Waals surface area contributed by atoms with Crippen molar-refractivity contribution in [3.8, 4) is 0 Å². The van der Waals surface area contributed by atoms with Gasteiger partial charge in [-0.1, -0.05) is 20.3 Å². The highest BCUT2D eigenvalue weighted by Gasteiger charge is 2.10. The molecule has 0 saturated carbocycles. The van der Waals surface area contributed by atoms with Crippen molar-refractivity contribution in [3.63, 3.8) is 0 Å². The Morgan fingerprint density at radius 2 is 1.92 bits per heavy atom. The minimum Gasteiger partial charge on any atom is -0.342 e. The van der Waals surface area contributed by atoms with Crippen LogP contribution in [0.25, 0.3) is 0 Å². The molecular weight excluding hydrogens is 186 g/mol. The highest BCUT2D eigenvalue weighted by atomic mass is 35.5. The number of rotatable bonds is 7. The summed E-state index contributed by atoms with van der Waals surface area (Å²) in [6, 6.07) is 0. The first-order chi connectivity index (χ1) is 6.26. The van der Waals surface area contributed by atoms with Gasteiger partial charge in [-0.2, -0.15) is 0 Å². The standard InChI is InChI=1S/C10H20ClNO/c1-3-5-8-12(9-7-11)10(13)6-4-2/h3-9H2,1-2H3. The number of hydrogen-bond donors (Lipinski definition) is 0. The molecule has 0 unspecified atom stereocenters. The average molecular weight is 206 g/mol. The van der Waals surface area contributed by atoms with Crippen molar-refractivity contribution in [2.75, 3.05) is 19.0 Å². The number of unbranched alkanes of at least 4 members (excludes halogenated alkanes) is 1. The SMILES string of the molecule is CCCCN(CCCl)C(=O)CCC. The van der Waals surface area contributed by atoms with Crippen molar-refractivity contribution in [2.45, 2.75) is 39.5 Å². The quantitative estimate of drug-likeness (QED) is 0.586. The van der Waals surface area contributed by atoms with E-state index in [0.717, 1.165) is 25.8 Å². The average Bonchev–Trinajstić information content (AvgIpc) is 2.12. The molecule has 1 amide bonds. The molecule has 0 atom stereocenters. The van der Waals surface area contributed by atoms with Gasteiger partial charge in [0.05, 0.1) is 0 Å². The second-order valence-corrected chi connectivity index (χ2v) is 3.55. The van der Waals surface area contributed by atoms with Crippen molar-refractivity contribution < 1.29 is 4.79 Å². The topological polar surface area (TPSA) is 20.3 Å².